The fourth-order valence-electron chi connectivity index (χ4n) is 1.89. The summed E-state index contributed by atoms with van der Waals surface area (Å²) in [6.07, 6.45) is 3.17. The molecule has 0 radical (unpaired) electrons. The second-order valence-corrected chi connectivity index (χ2v) is 4.47. The van der Waals surface area contributed by atoms with Gasteiger partial charge in [0.1, 0.15) is 0 Å². The van der Waals surface area contributed by atoms with Gasteiger partial charge in [0.2, 0.25) is 0 Å². The number of nitrogens with zero attached hydrogens (tertiary/aromatic N) is 2. The lowest BCUT2D eigenvalue weighted by Crippen LogP contribution is -2.58. The van der Waals surface area contributed by atoms with Crippen molar-refractivity contribution in [3.8, 4) is 0 Å². The molecule has 82 valence electrons. The standard InChI is InChI=1S/C10H16N4O/c1-10(2)7-14(6-5-13-10)8-9(15)12-4-3-11-8/h3-4,13H,5-7H2,1-2H3,(H,12,15). The zero-order valence-electron chi connectivity index (χ0n) is 9.08. The van der Waals surface area contributed by atoms with Crippen LogP contribution < -0.4 is 15.8 Å². The third-order valence-electron chi connectivity index (χ3n) is 2.56. The fraction of sp³-hybridized carbons (Fsp3) is 0.600. The number of hydrogen-bond acceptors (Lipinski definition) is 4. The van der Waals surface area contributed by atoms with Crippen LogP contribution in [-0.2, 0) is 0 Å². The largest absolute Gasteiger partial charge is 0.349 e. The fourth-order valence-corrected chi connectivity index (χ4v) is 1.89. The van der Waals surface area contributed by atoms with E-state index in [2.05, 4.69) is 29.1 Å². The maximum atomic E-state index is 11.5. The van der Waals surface area contributed by atoms with Crippen LogP contribution in [0.5, 0.6) is 0 Å². The van der Waals surface area contributed by atoms with E-state index in [1.165, 1.54) is 0 Å². The van der Waals surface area contributed by atoms with E-state index in [-0.39, 0.29) is 11.1 Å². The molecule has 0 bridgehead atoms. The van der Waals surface area contributed by atoms with Crippen LogP contribution in [0.3, 0.4) is 0 Å². The van der Waals surface area contributed by atoms with Gasteiger partial charge in [0.25, 0.3) is 5.56 Å². The van der Waals surface area contributed by atoms with E-state index in [0.717, 1.165) is 19.6 Å². The lowest BCUT2D eigenvalue weighted by molar-refractivity contribution is 0.351. The van der Waals surface area contributed by atoms with Gasteiger partial charge >= 0.3 is 0 Å². The van der Waals surface area contributed by atoms with Crippen LogP contribution in [0.25, 0.3) is 0 Å². The lowest BCUT2D eigenvalue weighted by Gasteiger charge is -2.39. The van der Waals surface area contributed by atoms with Crippen molar-refractivity contribution in [3.63, 3.8) is 0 Å². The molecule has 2 N–H and O–H groups in total. The molecule has 1 aromatic rings. The van der Waals surface area contributed by atoms with E-state index in [1.54, 1.807) is 12.4 Å². The SMILES string of the molecule is CC1(C)CN(c2ncc[nH]c2=O)CCN1. The van der Waals surface area contributed by atoms with Gasteiger partial charge in [-0.2, -0.15) is 0 Å². The molecule has 1 aromatic heterocycles. The molecule has 15 heavy (non-hydrogen) atoms. The first kappa shape index (κ1) is 10.2. The van der Waals surface area contributed by atoms with Gasteiger partial charge < -0.3 is 15.2 Å². The number of aromatic nitrogens is 2. The van der Waals surface area contributed by atoms with E-state index in [4.69, 9.17) is 0 Å². The summed E-state index contributed by atoms with van der Waals surface area (Å²) in [7, 11) is 0. The van der Waals surface area contributed by atoms with Crippen LogP contribution in [-0.4, -0.2) is 35.1 Å². The first-order valence-electron chi connectivity index (χ1n) is 5.12. The van der Waals surface area contributed by atoms with Crippen LogP contribution in [0.1, 0.15) is 13.8 Å². The van der Waals surface area contributed by atoms with E-state index in [9.17, 15) is 4.79 Å². The highest BCUT2D eigenvalue weighted by molar-refractivity contribution is 5.36. The monoisotopic (exact) mass is 208 g/mol. The Bertz CT molecular complexity index is 398. The molecule has 0 atom stereocenters. The minimum absolute atomic E-state index is 0.0300. The summed E-state index contributed by atoms with van der Waals surface area (Å²) in [4.78, 5) is 20.3. The minimum atomic E-state index is -0.116. The first-order chi connectivity index (χ1) is 7.08. The number of piperazine rings is 1. The Morgan fingerprint density at radius 3 is 3.00 bits per heavy atom. The molecule has 5 nitrogen and oxygen atoms in total. The zero-order valence-corrected chi connectivity index (χ0v) is 9.08. The number of H-pyrrole nitrogens is 1. The van der Waals surface area contributed by atoms with Gasteiger partial charge in [-0.05, 0) is 13.8 Å². The molecule has 1 aliphatic rings. The second-order valence-electron chi connectivity index (χ2n) is 4.47. The van der Waals surface area contributed by atoms with Crippen LogP contribution in [0, 0.1) is 0 Å². The molecule has 0 saturated carbocycles. The Labute approximate surface area is 88.5 Å². The summed E-state index contributed by atoms with van der Waals surface area (Å²) in [5.74, 6) is 0.520. The van der Waals surface area contributed by atoms with E-state index < -0.39 is 0 Å². The van der Waals surface area contributed by atoms with Crippen LogP contribution >= 0.6 is 0 Å². The molecule has 1 saturated heterocycles. The van der Waals surface area contributed by atoms with Crippen LogP contribution in [0.4, 0.5) is 5.82 Å². The predicted octanol–water partition coefficient (Wildman–Crippen LogP) is -0.0419. The molecule has 0 unspecified atom stereocenters. The van der Waals surface area contributed by atoms with Crippen molar-refractivity contribution < 1.29 is 0 Å². The Hall–Kier alpha value is -1.36. The summed E-state index contributed by atoms with van der Waals surface area (Å²) >= 11 is 0. The van der Waals surface area contributed by atoms with Gasteiger partial charge in [-0.3, -0.25) is 4.79 Å². The summed E-state index contributed by atoms with van der Waals surface area (Å²) in [5.41, 5.74) is -0.0856. The van der Waals surface area contributed by atoms with Crippen LogP contribution in [0.2, 0.25) is 0 Å². The van der Waals surface area contributed by atoms with Crippen molar-refractivity contribution in [2.75, 3.05) is 24.5 Å². The number of nitrogens with one attached hydrogen (secondary N) is 2. The third-order valence-corrected chi connectivity index (χ3v) is 2.56. The molecular formula is C10H16N4O. The predicted molar refractivity (Wildman–Crippen MR) is 59.2 cm³/mol. The minimum Gasteiger partial charge on any atom is -0.349 e. The van der Waals surface area contributed by atoms with Crippen molar-refractivity contribution in [2.45, 2.75) is 19.4 Å². The highest BCUT2D eigenvalue weighted by atomic mass is 16.1. The molecule has 2 rings (SSSR count). The lowest BCUT2D eigenvalue weighted by atomic mass is 10.0. The Balaban J connectivity index is 2.25. The van der Waals surface area contributed by atoms with E-state index in [0.29, 0.717) is 5.82 Å². The van der Waals surface area contributed by atoms with Gasteiger partial charge in [0.15, 0.2) is 5.82 Å². The van der Waals surface area contributed by atoms with Crippen molar-refractivity contribution in [2.24, 2.45) is 0 Å². The number of aromatic amines is 1. The third kappa shape index (κ3) is 2.18. The van der Waals surface area contributed by atoms with Crippen molar-refractivity contribution in [1.82, 2.24) is 15.3 Å². The van der Waals surface area contributed by atoms with Crippen molar-refractivity contribution in [3.05, 3.63) is 22.7 Å². The van der Waals surface area contributed by atoms with Crippen molar-refractivity contribution >= 4 is 5.82 Å². The molecule has 5 heteroatoms. The summed E-state index contributed by atoms with van der Waals surface area (Å²) in [6.45, 7) is 6.74. The maximum Gasteiger partial charge on any atom is 0.290 e. The summed E-state index contributed by atoms with van der Waals surface area (Å²) < 4.78 is 0. The first-order valence-corrected chi connectivity index (χ1v) is 5.12. The topological polar surface area (TPSA) is 61.0 Å². The van der Waals surface area contributed by atoms with Gasteiger partial charge in [0, 0.05) is 37.6 Å². The smallest absolute Gasteiger partial charge is 0.290 e. The van der Waals surface area contributed by atoms with Gasteiger partial charge in [0.05, 0.1) is 0 Å². The quantitative estimate of drug-likeness (QED) is 0.679. The summed E-state index contributed by atoms with van der Waals surface area (Å²) in [5, 5.41) is 3.40. The van der Waals surface area contributed by atoms with Crippen LogP contribution in [0.15, 0.2) is 17.2 Å². The number of rotatable bonds is 1. The Morgan fingerprint density at radius 1 is 1.53 bits per heavy atom. The van der Waals surface area contributed by atoms with E-state index >= 15 is 0 Å². The second kappa shape index (κ2) is 3.66. The molecule has 1 aliphatic heterocycles. The Morgan fingerprint density at radius 2 is 2.33 bits per heavy atom. The molecule has 0 aromatic carbocycles. The maximum absolute atomic E-state index is 11.5. The number of hydrogen-bond donors (Lipinski definition) is 2. The molecule has 0 spiro atoms. The highest BCUT2D eigenvalue weighted by Crippen LogP contribution is 2.13. The zero-order chi connectivity index (χ0) is 10.9. The van der Waals surface area contributed by atoms with Gasteiger partial charge in [-0.15, -0.1) is 0 Å². The van der Waals surface area contributed by atoms with Crippen molar-refractivity contribution in [1.29, 1.82) is 0 Å². The molecule has 1 fully saturated rings. The normalized spacial score (nSPS) is 20.3. The number of anilines is 1. The molecular weight excluding hydrogens is 192 g/mol. The average Bonchev–Trinajstić information content (AvgIpc) is 2.17. The Kier molecular flexibility index (Phi) is 2.48. The van der Waals surface area contributed by atoms with E-state index in [1.807, 2.05) is 4.90 Å². The molecule has 0 amide bonds. The highest BCUT2D eigenvalue weighted by Gasteiger charge is 2.27. The van der Waals surface area contributed by atoms with Gasteiger partial charge in [-0.1, -0.05) is 0 Å². The van der Waals surface area contributed by atoms with Gasteiger partial charge in [-0.25, -0.2) is 4.98 Å². The summed E-state index contributed by atoms with van der Waals surface area (Å²) in [6, 6.07) is 0. The molecule has 0 aliphatic carbocycles. The average molecular weight is 208 g/mol. The molecule has 2 heterocycles.